The predicted molar refractivity (Wildman–Crippen MR) is 233 cm³/mol. The first kappa shape index (κ1) is 45.3. The number of ether oxygens (including phenoxy) is 3. The van der Waals surface area contributed by atoms with E-state index in [1.165, 1.54) is 25.0 Å². The van der Waals surface area contributed by atoms with Gasteiger partial charge in [0.2, 0.25) is 0 Å². The zero-order valence-corrected chi connectivity index (χ0v) is 37.5. The Morgan fingerprint density at radius 2 is 1.38 bits per heavy atom. The average Bonchev–Trinajstić information content (AvgIpc) is 3.96. The molecule has 4 rings (SSSR count). The van der Waals surface area contributed by atoms with E-state index in [0.717, 1.165) is 54.2 Å². The van der Waals surface area contributed by atoms with Crippen molar-refractivity contribution >= 4 is 57.7 Å². The van der Waals surface area contributed by atoms with E-state index in [4.69, 9.17) is 42.9 Å². The van der Waals surface area contributed by atoms with Crippen LogP contribution in [0.4, 0.5) is 0 Å². The highest BCUT2D eigenvalue weighted by Crippen LogP contribution is 2.57. The van der Waals surface area contributed by atoms with Gasteiger partial charge in [0.1, 0.15) is 22.9 Å². The lowest BCUT2D eigenvalue weighted by atomic mass is 10.0. The van der Waals surface area contributed by atoms with Gasteiger partial charge in [-0.1, -0.05) is 32.8 Å². The summed E-state index contributed by atoms with van der Waals surface area (Å²) in [7, 11) is -0.665. The fraction of sp³-hybridized carbons (Fsp3) is 0.538. The second-order valence-corrected chi connectivity index (χ2v) is 23.1. The molecule has 2 aliphatic rings. The largest absolute Gasteiger partial charge is 0.488 e. The highest BCUT2D eigenvalue weighted by molar-refractivity contribution is 8.04. The van der Waals surface area contributed by atoms with E-state index in [-0.39, 0.29) is 11.2 Å². The molecule has 0 heterocycles. The van der Waals surface area contributed by atoms with Gasteiger partial charge in [-0.25, -0.2) is 0 Å². The Balaban J connectivity index is 1.34. The van der Waals surface area contributed by atoms with Crippen molar-refractivity contribution in [2.24, 2.45) is 16.1 Å². The lowest BCUT2D eigenvalue weighted by Crippen LogP contribution is -2.30. The molecule has 0 bridgehead atoms. The minimum absolute atomic E-state index is 0.167. The molecule has 2 aliphatic carbocycles. The molecule has 0 aromatic heterocycles. The monoisotopic (exact) mass is 851 g/mol. The van der Waals surface area contributed by atoms with E-state index in [1.54, 1.807) is 16.9 Å². The zero-order chi connectivity index (χ0) is 40.6. The molecule has 1 saturated carbocycles. The van der Waals surface area contributed by atoms with Crippen molar-refractivity contribution in [3.8, 4) is 11.5 Å². The molecular formula is C39H58N4O7P3S2+3. The van der Waals surface area contributed by atoms with E-state index in [2.05, 4.69) is 32.8 Å². The van der Waals surface area contributed by atoms with Crippen LogP contribution >= 0.6 is 21.6 Å². The zero-order valence-electron chi connectivity index (χ0n) is 33.2. The third kappa shape index (κ3) is 13.3. The van der Waals surface area contributed by atoms with Crippen molar-refractivity contribution in [1.82, 2.24) is 9.56 Å². The second-order valence-electron chi connectivity index (χ2n) is 15.2. The molecule has 11 nitrogen and oxygen atoms in total. The van der Waals surface area contributed by atoms with Crippen LogP contribution in [-0.4, -0.2) is 72.2 Å². The topological polar surface area (TPSA) is 140 Å². The molecule has 5 unspecified atom stereocenters. The van der Waals surface area contributed by atoms with Gasteiger partial charge in [-0.3, -0.25) is 0 Å². The molecule has 0 spiro atoms. The second kappa shape index (κ2) is 19.3. The van der Waals surface area contributed by atoms with E-state index in [1.807, 2.05) is 81.6 Å². The van der Waals surface area contributed by atoms with Crippen molar-refractivity contribution in [2.45, 2.75) is 115 Å². The summed E-state index contributed by atoms with van der Waals surface area (Å²) in [4.78, 5) is 28.2. The van der Waals surface area contributed by atoms with Gasteiger partial charge in [-0.05, 0) is 105 Å². The van der Waals surface area contributed by atoms with E-state index >= 15 is 0 Å². The quantitative estimate of drug-likeness (QED) is 0.0543. The maximum Gasteiger partial charge on any atom is 0.439 e. The fourth-order valence-electron chi connectivity index (χ4n) is 6.18. The Morgan fingerprint density at radius 3 is 1.91 bits per heavy atom. The molecule has 1 fully saturated rings. The lowest BCUT2D eigenvalue weighted by molar-refractivity contribution is 0.0778. The van der Waals surface area contributed by atoms with Crippen LogP contribution in [0.15, 0.2) is 82.2 Å². The molecule has 16 heteroatoms. The number of allylic oxidation sites excluding steroid dienone is 4. The van der Waals surface area contributed by atoms with Crippen molar-refractivity contribution < 1.29 is 34.0 Å². The first-order valence-corrected chi connectivity index (χ1v) is 25.0. The summed E-state index contributed by atoms with van der Waals surface area (Å²) < 4.78 is 22.9. The smallest absolute Gasteiger partial charge is 0.439 e. The summed E-state index contributed by atoms with van der Waals surface area (Å²) in [5, 5.41) is 18.1. The van der Waals surface area contributed by atoms with Crippen LogP contribution in [0.3, 0.4) is 0 Å². The van der Waals surface area contributed by atoms with Crippen LogP contribution in [0.2, 0.25) is 0 Å². The normalized spacial score (nSPS) is 18.5. The van der Waals surface area contributed by atoms with Crippen LogP contribution in [0.1, 0.15) is 110 Å². The van der Waals surface area contributed by atoms with Crippen molar-refractivity contribution in [3.63, 3.8) is 0 Å². The Morgan fingerprint density at radius 1 is 0.818 bits per heavy atom. The summed E-state index contributed by atoms with van der Waals surface area (Å²) in [6.45, 7) is 9.96. The average molecular weight is 852 g/mol. The SMILES string of the molecule is CCCC(C)(OC1=CC=C(C=NN(C)[P+](=S)C(C)(CC)Oc2ccc(C(O)[P+](O)(O)O)cc2)CC1)[P+](=S)N(C)N=Cc1ccc(OC(C)(C)CC2CC2)cc1. The first-order valence-electron chi connectivity index (χ1n) is 18.7. The Hall–Kier alpha value is -2.43. The van der Waals surface area contributed by atoms with Gasteiger partial charge in [0.25, 0.3) is 16.5 Å². The van der Waals surface area contributed by atoms with Crippen LogP contribution < -0.4 is 9.47 Å². The van der Waals surface area contributed by atoms with Gasteiger partial charge in [0.15, 0.2) is 23.6 Å². The summed E-state index contributed by atoms with van der Waals surface area (Å²) in [5.41, 5.74) is 2.01. The summed E-state index contributed by atoms with van der Waals surface area (Å²) in [6.07, 6.45) is 15.2. The third-order valence-corrected chi connectivity index (χ3v) is 17.8. The van der Waals surface area contributed by atoms with Crippen LogP contribution in [0.25, 0.3) is 0 Å². The van der Waals surface area contributed by atoms with Crippen molar-refractivity contribution in [3.05, 3.63) is 83.1 Å². The van der Waals surface area contributed by atoms with Crippen LogP contribution in [0.5, 0.6) is 11.5 Å². The molecule has 5 atom stereocenters. The van der Waals surface area contributed by atoms with Crippen LogP contribution in [0, 0.1) is 5.92 Å². The van der Waals surface area contributed by atoms with E-state index in [0.29, 0.717) is 18.6 Å². The standard InChI is InChI=1S/C39H58N4O7P3S2/c1-9-25-39(6,52(55)43(8)41-28-30-13-19-33(20-14-30)48-37(3,4)26-29-11-12-29)50-34-21-15-31(16-22-34)27-40-42(7)51(54)38(5,10-2)49-35-23-17-32(18-24-35)36(44)53(45,46)47/h13-15,17-21,23-24,27-29,36,44-47H,9-12,16,22,25-26H2,1-8H3/q+3. The summed E-state index contributed by atoms with van der Waals surface area (Å²) in [6, 6.07) is 14.2. The summed E-state index contributed by atoms with van der Waals surface area (Å²) in [5.74, 6) is 1.27. The highest BCUT2D eigenvalue weighted by atomic mass is 32.4. The molecule has 2 aromatic carbocycles. The first-order chi connectivity index (χ1) is 25.8. The van der Waals surface area contributed by atoms with Crippen LogP contribution in [-0.2, 0) is 28.4 Å². The maximum absolute atomic E-state index is 9.97. The Labute approximate surface area is 339 Å². The number of aliphatic hydroxyl groups excluding tert-OH is 1. The Bertz CT molecular complexity index is 1770. The molecule has 55 heavy (non-hydrogen) atoms. The van der Waals surface area contributed by atoms with E-state index in [9.17, 15) is 19.8 Å². The van der Waals surface area contributed by atoms with Gasteiger partial charge >= 0.3 is 21.6 Å². The van der Waals surface area contributed by atoms with E-state index < -0.39 is 38.2 Å². The Kier molecular flexibility index (Phi) is 15.9. The molecular weight excluding hydrogens is 794 g/mol. The molecule has 0 aliphatic heterocycles. The van der Waals surface area contributed by atoms with Crippen molar-refractivity contribution in [2.75, 3.05) is 14.1 Å². The molecule has 0 saturated heterocycles. The minimum atomic E-state index is -4.43. The fourth-order valence-corrected chi connectivity index (χ4v) is 10.5. The number of benzene rings is 2. The third-order valence-electron chi connectivity index (χ3n) is 9.56. The van der Waals surface area contributed by atoms with Gasteiger partial charge in [-0.2, -0.15) is 14.7 Å². The van der Waals surface area contributed by atoms with Gasteiger partial charge in [0, 0.05) is 38.7 Å². The summed E-state index contributed by atoms with van der Waals surface area (Å²) >= 11 is 12.0. The number of aliphatic hydroxyl groups is 1. The van der Waals surface area contributed by atoms with Gasteiger partial charge in [-0.15, -0.1) is 19.8 Å². The van der Waals surface area contributed by atoms with Gasteiger partial charge < -0.3 is 19.3 Å². The maximum atomic E-state index is 9.97. The number of nitrogens with zero attached hydrogens (tertiary/aromatic N) is 4. The predicted octanol–water partition coefficient (Wildman–Crippen LogP) is 9.62. The van der Waals surface area contributed by atoms with Crippen molar-refractivity contribution in [1.29, 1.82) is 0 Å². The number of rotatable bonds is 21. The minimum Gasteiger partial charge on any atom is -0.488 e. The lowest BCUT2D eigenvalue weighted by Gasteiger charge is -2.27. The number of hydrogen-bond donors (Lipinski definition) is 4. The molecule has 2 aromatic rings. The molecule has 4 N–H and O–H groups in total. The molecule has 0 amide bonds. The number of hydrazone groups is 2. The number of hydrogen-bond acceptors (Lipinski definition) is 11. The molecule has 0 radical (unpaired) electrons. The van der Waals surface area contributed by atoms with Gasteiger partial charge in [0.05, 0.1) is 26.5 Å². The highest BCUT2D eigenvalue weighted by Gasteiger charge is 2.47. The molecule has 300 valence electrons.